The number of halogens is 1. The SMILES string of the molecule is NS(=O)(=O)c1ccc(F)cc1.[Na]. The van der Waals surface area contributed by atoms with Gasteiger partial charge in [-0.25, -0.2) is 17.9 Å². The summed E-state index contributed by atoms with van der Waals surface area (Å²) in [6, 6.07) is 4.31. The minimum Gasteiger partial charge on any atom is -0.225 e. The fourth-order valence-electron chi connectivity index (χ4n) is 0.624. The van der Waals surface area contributed by atoms with Crippen LogP contribution >= 0.6 is 0 Å². The molecular weight excluding hydrogens is 192 g/mol. The summed E-state index contributed by atoms with van der Waals surface area (Å²) in [5, 5.41) is 4.76. The van der Waals surface area contributed by atoms with E-state index in [1.165, 1.54) is 0 Å². The minimum atomic E-state index is -3.69. The molecule has 0 bridgehead atoms. The van der Waals surface area contributed by atoms with E-state index in [1.54, 1.807) is 0 Å². The first-order valence-corrected chi connectivity index (χ1v) is 4.33. The molecule has 0 saturated carbocycles. The number of sulfonamides is 1. The van der Waals surface area contributed by atoms with E-state index in [-0.39, 0.29) is 34.5 Å². The van der Waals surface area contributed by atoms with Crippen LogP contribution in [0.3, 0.4) is 0 Å². The largest absolute Gasteiger partial charge is 0.238 e. The van der Waals surface area contributed by atoms with Crippen LogP contribution in [0.4, 0.5) is 4.39 Å². The summed E-state index contributed by atoms with van der Waals surface area (Å²) in [5.41, 5.74) is 0. The van der Waals surface area contributed by atoms with Gasteiger partial charge in [-0.2, -0.15) is 0 Å². The Labute approximate surface area is 92.1 Å². The molecule has 0 aliphatic heterocycles. The summed E-state index contributed by atoms with van der Waals surface area (Å²) >= 11 is 0. The second-order valence-electron chi connectivity index (χ2n) is 2.00. The van der Waals surface area contributed by atoms with Gasteiger partial charge >= 0.3 is 0 Å². The monoisotopic (exact) mass is 198 g/mol. The molecule has 0 aromatic heterocycles. The van der Waals surface area contributed by atoms with Crippen LogP contribution in [0, 0.1) is 5.82 Å². The first kappa shape index (κ1) is 12.1. The van der Waals surface area contributed by atoms with Crippen LogP contribution in [-0.4, -0.2) is 38.0 Å². The third-order valence-corrected chi connectivity index (χ3v) is 2.07. The fraction of sp³-hybridized carbons (Fsp3) is 0. The van der Waals surface area contributed by atoms with Gasteiger partial charge in [0.15, 0.2) is 0 Å². The van der Waals surface area contributed by atoms with Crippen LogP contribution in [0.25, 0.3) is 0 Å². The molecule has 0 aliphatic carbocycles. The Hall–Kier alpha value is 0.0600. The van der Waals surface area contributed by atoms with E-state index in [0.29, 0.717) is 0 Å². The molecule has 0 atom stereocenters. The van der Waals surface area contributed by atoms with Gasteiger partial charge in [-0.3, -0.25) is 0 Å². The van der Waals surface area contributed by atoms with Crippen LogP contribution in [0.15, 0.2) is 29.2 Å². The maximum Gasteiger partial charge on any atom is 0.238 e. The average Bonchev–Trinajstić information content (AvgIpc) is 1.86. The van der Waals surface area contributed by atoms with Gasteiger partial charge in [-0.1, -0.05) is 0 Å². The second kappa shape index (κ2) is 4.34. The third kappa shape index (κ3) is 3.20. The summed E-state index contributed by atoms with van der Waals surface area (Å²) in [6.45, 7) is 0. The Morgan fingerprint density at radius 3 is 1.92 bits per heavy atom. The van der Waals surface area contributed by atoms with Gasteiger partial charge in [0.1, 0.15) is 5.82 Å². The van der Waals surface area contributed by atoms with Crippen LogP contribution in [0.5, 0.6) is 0 Å². The summed E-state index contributed by atoms with van der Waals surface area (Å²) in [6.07, 6.45) is 0. The molecule has 1 rings (SSSR count). The zero-order valence-electron chi connectivity index (χ0n) is 6.49. The number of hydrogen-bond donors (Lipinski definition) is 1. The quantitative estimate of drug-likeness (QED) is 0.650. The van der Waals surface area contributed by atoms with Crippen LogP contribution in [-0.2, 0) is 10.0 Å². The molecule has 0 heterocycles. The van der Waals surface area contributed by atoms with Crippen molar-refractivity contribution in [2.75, 3.05) is 0 Å². The molecule has 12 heavy (non-hydrogen) atoms. The van der Waals surface area contributed by atoms with Gasteiger partial charge in [0.2, 0.25) is 10.0 Å². The van der Waals surface area contributed by atoms with Crippen molar-refractivity contribution in [1.29, 1.82) is 0 Å². The Balaban J connectivity index is 0.00000121. The maximum absolute atomic E-state index is 12.2. The Morgan fingerprint density at radius 2 is 1.58 bits per heavy atom. The van der Waals surface area contributed by atoms with Gasteiger partial charge in [-0.05, 0) is 24.3 Å². The minimum absolute atomic E-state index is 0. The topological polar surface area (TPSA) is 60.2 Å². The Morgan fingerprint density at radius 1 is 1.17 bits per heavy atom. The van der Waals surface area contributed by atoms with E-state index in [0.717, 1.165) is 24.3 Å². The maximum atomic E-state index is 12.2. The number of hydrogen-bond acceptors (Lipinski definition) is 2. The van der Waals surface area contributed by atoms with Crippen molar-refractivity contribution in [2.45, 2.75) is 4.90 Å². The van der Waals surface area contributed by atoms with E-state index in [4.69, 9.17) is 5.14 Å². The molecule has 1 aromatic rings. The normalized spacial score (nSPS) is 10.5. The molecule has 0 saturated heterocycles. The first-order chi connectivity index (χ1) is 5.00. The van der Waals surface area contributed by atoms with Crippen molar-refractivity contribution in [2.24, 2.45) is 5.14 Å². The molecule has 0 fully saturated rings. The Bertz CT molecular complexity index is 348. The van der Waals surface area contributed by atoms with Crippen molar-refractivity contribution >= 4 is 39.6 Å². The van der Waals surface area contributed by atoms with E-state index in [2.05, 4.69) is 0 Å². The number of nitrogens with two attached hydrogens (primary N) is 1. The van der Waals surface area contributed by atoms with E-state index in [9.17, 15) is 12.8 Å². The van der Waals surface area contributed by atoms with Gasteiger partial charge < -0.3 is 0 Å². The molecule has 2 N–H and O–H groups in total. The summed E-state index contributed by atoms with van der Waals surface area (Å²) in [7, 11) is -3.69. The van der Waals surface area contributed by atoms with Crippen molar-refractivity contribution in [3.8, 4) is 0 Å². The summed E-state index contributed by atoms with van der Waals surface area (Å²) in [5.74, 6) is -0.489. The molecule has 3 nitrogen and oxygen atoms in total. The molecule has 61 valence electrons. The van der Waals surface area contributed by atoms with Crippen LogP contribution in [0.2, 0.25) is 0 Å². The van der Waals surface area contributed by atoms with Gasteiger partial charge in [-0.15, -0.1) is 0 Å². The standard InChI is InChI=1S/C6H6FNO2S.Na/c7-5-1-3-6(4-2-5)11(8,9)10;/h1-4H,(H2,8,9,10);. The second-order valence-corrected chi connectivity index (χ2v) is 3.56. The predicted molar refractivity (Wildman–Crippen MR) is 43.5 cm³/mol. The number of benzene rings is 1. The molecule has 0 aliphatic rings. The molecule has 1 aromatic carbocycles. The van der Waals surface area contributed by atoms with Gasteiger partial charge in [0.25, 0.3) is 0 Å². The van der Waals surface area contributed by atoms with Crippen molar-refractivity contribution in [3.63, 3.8) is 0 Å². The van der Waals surface area contributed by atoms with Crippen LogP contribution < -0.4 is 5.14 Å². The molecule has 0 spiro atoms. The van der Waals surface area contributed by atoms with Crippen molar-refractivity contribution < 1.29 is 12.8 Å². The van der Waals surface area contributed by atoms with Gasteiger partial charge in [0, 0.05) is 29.6 Å². The first-order valence-electron chi connectivity index (χ1n) is 2.78. The molecular formula is C6H6FNNaO2S. The third-order valence-electron chi connectivity index (χ3n) is 1.14. The molecule has 0 amide bonds. The zero-order valence-corrected chi connectivity index (χ0v) is 9.31. The molecule has 0 unspecified atom stereocenters. The van der Waals surface area contributed by atoms with E-state index >= 15 is 0 Å². The molecule has 6 heteroatoms. The number of primary sulfonamides is 1. The fourth-order valence-corrected chi connectivity index (χ4v) is 1.14. The van der Waals surface area contributed by atoms with E-state index in [1.807, 2.05) is 0 Å². The summed E-state index contributed by atoms with van der Waals surface area (Å²) in [4.78, 5) is -0.0844. The van der Waals surface area contributed by atoms with Crippen LogP contribution in [0.1, 0.15) is 0 Å². The summed E-state index contributed by atoms with van der Waals surface area (Å²) < 4.78 is 33.4. The number of rotatable bonds is 1. The van der Waals surface area contributed by atoms with E-state index < -0.39 is 15.8 Å². The van der Waals surface area contributed by atoms with Crippen molar-refractivity contribution in [3.05, 3.63) is 30.1 Å². The smallest absolute Gasteiger partial charge is 0.225 e. The average molecular weight is 198 g/mol. The Kier molecular flexibility index (Phi) is 4.36. The van der Waals surface area contributed by atoms with Gasteiger partial charge in [0.05, 0.1) is 4.90 Å². The molecule has 1 radical (unpaired) electrons. The van der Waals surface area contributed by atoms with Crippen molar-refractivity contribution in [1.82, 2.24) is 0 Å². The zero-order chi connectivity index (χ0) is 8.48. The predicted octanol–water partition coefficient (Wildman–Crippen LogP) is 0.0923.